The van der Waals surface area contributed by atoms with Crippen molar-refractivity contribution >= 4 is 35.1 Å². The molecule has 0 aromatic heterocycles. The Morgan fingerprint density at radius 2 is 1.57 bits per heavy atom. The number of likely N-dealkylation sites (N-methyl/N-ethyl adjacent to an activating group) is 2. The molecule has 30 heavy (non-hydrogen) atoms. The van der Waals surface area contributed by atoms with Gasteiger partial charge in [-0.2, -0.15) is 0 Å². The first-order chi connectivity index (χ1) is 13.8. The number of amides is 3. The number of ketones is 1. The largest absolute Gasteiger partial charge is 0.444 e. The fourth-order valence-corrected chi connectivity index (χ4v) is 3.36. The van der Waals surface area contributed by atoms with Crippen molar-refractivity contribution in [2.75, 3.05) is 23.9 Å². The number of hydrogen-bond acceptors (Lipinski definition) is 6. The summed E-state index contributed by atoms with van der Waals surface area (Å²) in [6.45, 7) is 6.87. The molecule has 9 nitrogen and oxygen atoms in total. The van der Waals surface area contributed by atoms with Gasteiger partial charge in [0.05, 0.1) is 17.4 Å². The van der Waals surface area contributed by atoms with Gasteiger partial charge in [0.2, 0.25) is 5.54 Å². The lowest BCUT2D eigenvalue weighted by Crippen LogP contribution is -2.70. The summed E-state index contributed by atoms with van der Waals surface area (Å²) >= 11 is 0. The van der Waals surface area contributed by atoms with Gasteiger partial charge in [0, 0.05) is 14.1 Å². The minimum absolute atomic E-state index is 0.192. The first-order valence-electron chi connectivity index (χ1n) is 9.82. The third-order valence-corrected chi connectivity index (χ3v) is 4.86. The topological polar surface area (TPSA) is 122 Å². The molecule has 2 rings (SSSR count). The average molecular weight is 418 g/mol. The number of ether oxygens (including phenoxy) is 1. The van der Waals surface area contributed by atoms with E-state index in [0.29, 0.717) is 17.8 Å². The van der Waals surface area contributed by atoms with Crippen LogP contribution in [0.5, 0.6) is 0 Å². The first kappa shape index (κ1) is 23.3. The average Bonchev–Trinajstić information content (AvgIpc) is 2.72. The predicted molar refractivity (Wildman–Crippen MR) is 113 cm³/mol. The Kier molecular flexibility index (Phi) is 6.56. The Morgan fingerprint density at radius 3 is 1.97 bits per heavy atom. The van der Waals surface area contributed by atoms with E-state index >= 15 is 0 Å². The van der Waals surface area contributed by atoms with Crippen molar-refractivity contribution in [2.24, 2.45) is 5.73 Å². The summed E-state index contributed by atoms with van der Waals surface area (Å²) < 4.78 is 5.22. The maximum atomic E-state index is 13.4. The van der Waals surface area contributed by atoms with Gasteiger partial charge in [0.15, 0.2) is 5.78 Å². The third-order valence-electron chi connectivity index (χ3n) is 4.86. The molecule has 3 amide bonds. The standard InChI is InChI=1S/C21H30N4O5/c1-7-10-13(23-19(29)30-20(2,3)4)16(26)21(22)17(27)24(5)14-11-8-9-12-15(14)25(6)18(21)28/h8-9,11-13H,7,10,22H2,1-6H3,(H,23,29)/t13-/m0/s1. The zero-order chi connectivity index (χ0) is 22.9. The van der Waals surface area contributed by atoms with Gasteiger partial charge in [-0.1, -0.05) is 25.5 Å². The highest BCUT2D eigenvalue weighted by Gasteiger charge is 2.56. The second-order valence-corrected chi connectivity index (χ2v) is 8.38. The van der Waals surface area contributed by atoms with Crippen LogP contribution in [0.3, 0.4) is 0 Å². The predicted octanol–water partition coefficient (Wildman–Crippen LogP) is 1.59. The van der Waals surface area contributed by atoms with E-state index in [1.807, 2.05) is 6.92 Å². The molecule has 9 heteroatoms. The molecule has 0 fully saturated rings. The van der Waals surface area contributed by atoms with Gasteiger partial charge < -0.3 is 25.6 Å². The van der Waals surface area contributed by atoms with E-state index < -0.39 is 40.9 Å². The monoisotopic (exact) mass is 418 g/mol. The molecule has 1 atom stereocenters. The molecule has 164 valence electrons. The lowest BCUT2D eigenvalue weighted by molar-refractivity contribution is -0.142. The fourth-order valence-electron chi connectivity index (χ4n) is 3.36. The molecular formula is C21H30N4O5. The Morgan fingerprint density at radius 1 is 1.10 bits per heavy atom. The van der Waals surface area contributed by atoms with Crippen LogP contribution >= 0.6 is 0 Å². The zero-order valence-corrected chi connectivity index (χ0v) is 18.3. The highest BCUT2D eigenvalue weighted by atomic mass is 16.6. The Hall–Kier alpha value is -2.94. The van der Waals surface area contributed by atoms with E-state index in [1.165, 1.54) is 23.9 Å². The van der Waals surface area contributed by atoms with E-state index in [-0.39, 0.29) is 6.42 Å². The molecule has 3 N–H and O–H groups in total. The molecule has 0 aliphatic carbocycles. The Bertz CT molecular complexity index is 820. The van der Waals surface area contributed by atoms with E-state index in [0.717, 1.165) is 0 Å². The highest BCUT2D eigenvalue weighted by molar-refractivity contribution is 6.36. The molecule has 1 aromatic rings. The molecule has 0 radical (unpaired) electrons. The second-order valence-electron chi connectivity index (χ2n) is 8.38. The van der Waals surface area contributed by atoms with E-state index in [4.69, 9.17) is 10.5 Å². The number of carbonyl (C=O) groups excluding carboxylic acids is 4. The highest BCUT2D eigenvalue weighted by Crippen LogP contribution is 2.34. The summed E-state index contributed by atoms with van der Waals surface area (Å²) in [5.74, 6) is -2.60. The normalized spacial score (nSPS) is 17.2. The van der Waals surface area contributed by atoms with Gasteiger partial charge >= 0.3 is 6.09 Å². The van der Waals surface area contributed by atoms with Crippen LogP contribution in [-0.4, -0.2) is 55.0 Å². The molecule has 0 saturated heterocycles. The van der Waals surface area contributed by atoms with Gasteiger partial charge in [0.1, 0.15) is 5.60 Å². The number of nitrogens with zero attached hydrogens (tertiary/aromatic N) is 2. The van der Waals surface area contributed by atoms with Gasteiger partial charge in [0.25, 0.3) is 11.8 Å². The number of carbonyl (C=O) groups is 4. The molecule has 1 aromatic carbocycles. The number of fused-ring (bicyclic) bond motifs is 1. The van der Waals surface area contributed by atoms with Gasteiger partial charge in [-0.05, 0) is 39.3 Å². The zero-order valence-electron chi connectivity index (χ0n) is 18.3. The maximum Gasteiger partial charge on any atom is 0.408 e. The Balaban J connectivity index is 2.45. The number of nitrogens with two attached hydrogens (primary N) is 1. The van der Waals surface area contributed by atoms with Crippen LogP contribution in [0.15, 0.2) is 24.3 Å². The van der Waals surface area contributed by atoms with Crippen molar-refractivity contribution in [2.45, 2.75) is 57.7 Å². The van der Waals surface area contributed by atoms with Gasteiger partial charge in [-0.15, -0.1) is 0 Å². The first-order valence-corrected chi connectivity index (χ1v) is 9.82. The van der Waals surface area contributed by atoms with Gasteiger partial charge in [-0.3, -0.25) is 14.4 Å². The number of para-hydroxylation sites is 2. The van der Waals surface area contributed by atoms with E-state index in [2.05, 4.69) is 5.32 Å². The molecular weight excluding hydrogens is 388 g/mol. The molecule has 0 saturated carbocycles. The van der Waals surface area contributed by atoms with Crippen LogP contribution in [0.4, 0.5) is 16.2 Å². The molecule has 0 bridgehead atoms. The van der Waals surface area contributed by atoms with Crippen LogP contribution in [0.1, 0.15) is 40.5 Å². The fraction of sp³-hybridized carbons (Fsp3) is 0.524. The second kappa shape index (κ2) is 8.43. The number of nitrogens with one attached hydrogen (secondary N) is 1. The van der Waals surface area contributed by atoms with Crippen molar-refractivity contribution in [1.29, 1.82) is 0 Å². The van der Waals surface area contributed by atoms with E-state index in [9.17, 15) is 19.2 Å². The van der Waals surface area contributed by atoms with Crippen molar-refractivity contribution in [1.82, 2.24) is 5.32 Å². The SMILES string of the molecule is CCC[C@H](NC(=O)OC(C)(C)C)C(=O)C1(N)C(=O)N(C)c2ccccc2N(C)C1=O. The summed E-state index contributed by atoms with van der Waals surface area (Å²) in [5.41, 5.74) is 3.89. The lowest BCUT2D eigenvalue weighted by atomic mass is 9.86. The van der Waals surface area contributed by atoms with Crippen LogP contribution in [0, 0.1) is 0 Å². The Labute approximate surface area is 176 Å². The minimum Gasteiger partial charge on any atom is -0.444 e. The van der Waals surface area contributed by atoms with Crippen molar-refractivity contribution in [3.63, 3.8) is 0 Å². The summed E-state index contributed by atoms with van der Waals surface area (Å²) in [6.07, 6.45) is -0.120. The molecule has 1 heterocycles. The van der Waals surface area contributed by atoms with Crippen molar-refractivity contribution in [3.8, 4) is 0 Å². The van der Waals surface area contributed by atoms with Crippen molar-refractivity contribution < 1.29 is 23.9 Å². The number of Topliss-reactive ketones (excluding diaryl/α,β-unsaturated/α-hetero) is 1. The third kappa shape index (κ3) is 4.30. The van der Waals surface area contributed by atoms with Crippen LogP contribution in [-0.2, 0) is 19.1 Å². The molecule has 1 aliphatic rings. The number of alkyl carbamates (subject to hydrolysis) is 1. The summed E-state index contributed by atoms with van der Waals surface area (Å²) in [6, 6.07) is 5.60. The summed E-state index contributed by atoms with van der Waals surface area (Å²) in [5, 5.41) is 2.48. The number of rotatable bonds is 5. The van der Waals surface area contributed by atoms with Crippen molar-refractivity contribution in [3.05, 3.63) is 24.3 Å². The summed E-state index contributed by atoms with van der Waals surface area (Å²) in [4.78, 5) is 54.6. The van der Waals surface area contributed by atoms with Gasteiger partial charge in [-0.25, -0.2) is 4.79 Å². The van der Waals surface area contributed by atoms with E-state index in [1.54, 1.807) is 45.0 Å². The quantitative estimate of drug-likeness (QED) is 0.700. The smallest absolute Gasteiger partial charge is 0.408 e. The van der Waals surface area contributed by atoms with Crippen LogP contribution < -0.4 is 20.9 Å². The minimum atomic E-state index is -2.49. The van der Waals surface area contributed by atoms with Crippen LogP contribution in [0.2, 0.25) is 0 Å². The number of anilines is 2. The number of hydrogen-bond donors (Lipinski definition) is 2. The lowest BCUT2D eigenvalue weighted by Gasteiger charge is -2.32. The molecule has 0 spiro atoms. The maximum absolute atomic E-state index is 13.4. The summed E-state index contributed by atoms with van der Waals surface area (Å²) in [7, 11) is 2.91. The molecule has 1 aliphatic heterocycles. The number of benzene rings is 1. The van der Waals surface area contributed by atoms with Crippen LogP contribution in [0.25, 0.3) is 0 Å². The molecule has 0 unspecified atom stereocenters.